The van der Waals surface area contributed by atoms with Crippen molar-refractivity contribution in [3.05, 3.63) is 74.7 Å². The highest BCUT2D eigenvalue weighted by molar-refractivity contribution is 9.10. The number of rotatable bonds is 4. The van der Waals surface area contributed by atoms with E-state index in [1.165, 1.54) is 30.5 Å². The molecule has 0 saturated carbocycles. The van der Waals surface area contributed by atoms with Crippen LogP contribution in [0.4, 0.5) is 9.18 Å². The largest absolute Gasteiger partial charge is 0.463 e. The summed E-state index contributed by atoms with van der Waals surface area (Å²) >= 11 is 9.25. The van der Waals surface area contributed by atoms with Gasteiger partial charge in [0.05, 0.1) is 28.0 Å². The lowest BCUT2D eigenvalue weighted by Crippen LogP contribution is -2.11. The summed E-state index contributed by atoms with van der Waals surface area (Å²) in [5, 5.41) is 30.6. The Bertz CT molecular complexity index is 1390. The molecule has 0 radical (unpaired) electrons. The van der Waals surface area contributed by atoms with Crippen molar-refractivity contribution < 1.29 is 19.0 Å². The third-order valence-corrected chi connectivity index (χ3v) is 5.16. The average Bonchev–Trinajstić information content (AvgIpc) is 3.11. The second-order valence-corrected chi connectivity index (χ2v) is 7.62. The van der Waals surface area contributed by atoms with E-state index in [2.05, 4.69) is 31.2 Å². The summed E-state index contributed by atoms with van der Waals surface area (Å²) in [5.41, 5.74) is 0.854. The number of fused-ring (bicyclic) bond motifs is 1. The lowest BCUT2D eigenvalue weighted by atomic mass is 10.1. The van der Waals surface area contributed by atoms with Crippen molar-refractivity contribution in [2.24, 2.45) is 0 Å². The van der Waals surface area contributed by atoms with E-state index in [1.807, 2.05) is 6.07 Å². The number of hydrogen-bond donors (Lipinski definition) is 1. The standard InChI is InChI=1S/C20H10BrClFN5O3/c21-15-2-1-11(7-16-14-3-4-25-26-19(14)28(27-16)20(29)30)17(23)18(15)31-13-6-10(9-24)5-12(22)8-13/h1-6,8H,7H2,(H,29,30). The SMILES string of the molecule is N#Cc1cc(Cl)cc(Oc2c(Br)ccc(Cc3nn(C(=O)O)c4nnccc34)c2F)c1. The van der Waals surface area contributed by atoms with Crippen LogP contribution in [0.2, 0.25) is 5.02 Å². The fourth-order valence-electron chi connectivity index (χ4n) is 2.98. The fraction of sp³-hybridized carbons (Fsp3) is 0.0500. The minimum Gasteiger partial charge on any atom is -0.463 e. The van der Waals surface area contributed by atoms with Crippen LogP contribution in [0, 0.1) is 17.1 Å². The molecule has 0 spiro atoms. The van der Waals surface area contributed by atoms with E-state index < -0.39 is 11.9 Å². The van der Waals surface area contributed by atoms with Gasteiger partial charge in [0.1, 0.15) is 5.75 Å². The zero-order chi connectivity index (χ0) is 22.1. The Morgan fingerprint density at radius 3 is 2.87 bits per heavy atom. The van der Waals surface area contributed by atoms with Gasteiger partial charge in [-0.2, -0.15) is 15.5 Å². The number of benzene rings is 2. The molecule has 2 aromatic heterocycles. The molecule has 0 aliphatic heterocycles. The third kappa shape index (κ3) is 4.05. The maximum absolute atomic E-state index is 15.3. The van der Waals surface area contributed by atoms with Gasteiger partial charge >= 0.3 is 6.09 Å². The van der Waals surface area contributed by atoms with Gasteiger partial charge in [-0.15, -0.1) is 9.78 Å². The lowest BCUT2D eigenvalue weighted by Gasteiger charge is -2.12. The van der Waals surface area contributed by atoms with Crippen molar-refractivity contribution in [2.45, 2.75) is 6.42 Å². The average molecular weight is 503 g/mol. The molecule has 0 amide bonds. The molecule has 0 aliphatic carbocycles. The van der Waals surface area contributed by atoms with Crippen LogP contribution in [0.15, 0.2) is 47.1 Å². The molecule has 0 saturated heterocycles. The normalized spacial score (nSPS) is 10.8. The highest BCUT2D eigenvalue weighted by Crippen LogP contribution is 2.36. The molecule has 0 unspecified atom stereocenters. The Kier molecular flexibility index (Phi) is 5.54. The first-order chi connectivity index (χ1) is 14.9. The Morgan fingerprint density at radius 1 is 1.32 bits per heavy atom. The van der Waals surface area contributed by atoms with E-state index in [1.54, 1.807) is 12.1 Å². The van der Waals surface area contributed by atoms with Gasteiger partial charge in [-0.25, -0.2) is 9.18 Å². The molecule has 8 nitrogen and oxygen atoms in total. The van der Waals surface area contributed by atoms with Gasteiger partial charge in [-0.1, -0.05) is 17.7 Å². The summed E-state index contributed by atoms with van der Waals surface area (Å²) in [6, 6.07) is 11.0. The molecular weight excluding hydrogens is 493 g/mol. The number of hydrogen-bond acceptors (Lipinski definition) is 6. The van der Waals surface area contributed by atoms with Crippen molar-refractivity contribution in [3.63, 3.8) is 0 Å². The number of halogens is 3. The molecule has 0 bridgehead atoms. The number of nitriles is 1. The molecular formula is C20H10BrClFN5O3. The van der Waals surface area contributed by atoms with Crippen LogP contribution in [0.3, 0.4) is 0 Å². The Labute approximate surface area is 187 Å². The Balaban J connectivity index is 1.74. The van der Waals surface area contributed by atoms with Crippen molar-refractivity contribution in [2.75, 3.05) is 0 Å². The van der Waals surface area contributed by atoms with E-state index in [9.17, 15) is 9.90 Å². The summed E-state index contributed by atoms with van der Waals surface area (Å²) in [7, 11) is 0. The summed E-state index contributed by atoms with van der Waals surface area (Å²) < 4.78 is 22.0. The van der Waals surface area contributed by atoms with Crippen molar-refractivity contribution in [1.29, 1.82) is 5.26 Å². The van der Waals surface area contributed by atoms with E-state index in [4.69, 9.17) is 21.6 Å². The topological polar surface area (TPSA) is 114 Å². The fourth-order valence-corrected chi connectivity index (χ4v) is 3.59. The molecule has 4 rings (SSSR count). The highest BCUT2D eigenvalue weighted by Gasteiger charge is 2.20. The van der Waals surface area contributed by atoms with Gasteiger partial charge in [0.15, 0.2) is 17.2 Å². The summed E-state index contributed by atoms with van der Waals surface area (Å²) in [6.07, 6.45) is 0.0565. The quantitative estimate of drug-likeness (QED) is 0.410. The number of carbonyl (C=O) groups is 1. The molecule has 0 atom stereocenters. The van der Waals surface area contributed by atoms with E-state index in [0.717, 1.165) is 0 Å². The lowest BCUT2D eigenvalue weighted by molar-refractivity contribution is 0.193. The number of carboxylic acid groups (broad SMARTS) is 1. The van der Waals surface area contributed by atoms with Crippen LogP contribution in [-0.4, -0.2) is 31.2 Å². The Morgan fingerprint density at radius 2 is 2.13 bits per heavy atom. The first-order valence-electron chi connectivity index (χ1n) is 8.65. The zero-order valence-electron chi connectivity index (χ0n) is 15.4. The molecule has 31 heavy (non-hydrogen) atoms. The highest BCUT2D eigenvalue weighted by atomic mass is 79.9. The third-order valence-electron chi connectivity index (χ3n) is 4.32. The van der Waals surface area contributed by atoms with Crippen molar-refractivity contribution >= 4 is 44.7 Å². The second kappa shape index (κ2) is 8.29. The monoisotopic (exact) mass is 501 g/mol. The number of ether oxygens (including phenoxy) is 1. The number of nitrogens with zero attached hydrogens (tertiary/aromatic N) is 5. The molecule has 2 aromatic carbocycles. The van der Waals surface area contributed by atoms with Crippen LogP contribution in [0.5, 0.6) is 11.5 Å². The van der Waals surface area contributed by atoms with Gasteiger partial charge in [0.2, 0.25) is 0 Å². The van der Waals surface area contributed by atoms with Crippen LogP contribution in [0.25, 0.3) is 11.0 Å². The minimum atomic E-state index is -1.33. The van der Waals surface area contributed by atoms with E-state index in [-0.39, 0.29) is 39.7 Å². The van der Waals surface area contributed by atoms with Gasteiger partial charge in [-0.3, -0.25) is 0 Å². The summed E-state index contributed by atoms with van der Waals surface area (Å²) in [6.45, 7) is 0. The first-order valence-corrected chi connectivity index (χ1v) is 9.82. The molecule has 2 heterocycles. The van der Waals surface area contributed by atoms with Crippen molar-refractivity contribution in [3.8, 4) is 17.6 Å². The van der Waals surface area contributed by atoms with Crippen LogP contribution in [0.1, 0.15) is 16.8 Å². The van der Waals surface area contributed by atoms with Gasteiger partial charge in [0, 0.05) is 16.8 Å². The maximum atomic E-state index is 15.3. The molecule has 4 aromatic rings. The van der Waals surface area contributed by atoms with E-state index in [0.29, 0.717) is 20.2 Å². The van der Waals surface area contributed by atoms with Crippen LogP contribution in [-0.2, 0) is 6.42 Å². The molecule has 0 fully saturated rings. The number of aromatic nitrogens is 4. The van der Waals surface area contributed by atoms with Crippen molar-refractivity contribution in [1.82, 2.24) is 20.0 Å². The Hall–Kier alpha value is -3.55. The van der Waals surface area contributed by atoms with Gasteiger partial charge in [0.25, 0.3) is 0 Å². The van der Waals surface area contributed by atoms with Crippen LogP contribution >= 0.6 is 27.5 Å². The minimum absolute atomic E-state index is 0.0169. The van der Waals surface area contributed by atoms with E-state index >= 15 is 4.39 Å². The zero-order valence-corrected chi connectivity index (χ0v) is 17.7. The second-order valence-electron chi connectivity index (χ2n) is 6.33. The molecule has 1 N–H and O–H groups in total. The molecule has 11 heteroatoms. The first kappa shape index (κ1) is 20.7. The van der Waals surface area contributed by atoms with Gasteiger partial charge < -0.3 is 9.84 Å². The summed E-state index contributed by atoms with van der Waals surface area (Å²) in [5.74, 6) is -0.588. The smallest absolute Gasteiger partial charge is 0.434 e. The van der Waals surface area contributed by atoms with Crippen LogP contribution < -0.4 is 4.74 Å². The predicted molar refractivity (Wildman–Crippen MR) is 112 cm³/mol. The van der Waals surface area contributed by atoms with Gasteiger partial charge in [-0.05, 0) is 51.8 Å². The summed E-state index contributed by atoms with van der Waals surface area (Å²) in [4.78, 5) is 11.4. The predicted octanol–water partition coefficient (Wildman–Crippen LogP) is 5.16. The molecule has 0 aliphatic rings. The maximum Gasteiger partial charge on any atom is 0.434 e. The molecule has 154 valence electrons.